The van der Waals surface area contributed by atoms with E-state index < -0.39 is 7.37 Å². The van der Waals surface area contributed by atoms with Gasteiger partial charge in [0.1, 0.15) is 0 Å². The minimum Gasteiger partial charge on any atom is -0.322 e. The third kappa shape index (κ3) is 4.19. The van der Waals surface area contributed by atoms with Gasteiger partial charge in [0.15, 0.2) is 0 Å². The summed E-state index contributed by atoms with van der Waals surface area (Å²) in [6.07, 6.45) is 8.79. The summed E-state index contributed by atoms with van der Waals surface area (Å²) in [5, 5.41) is 0.897. The maximum Gasteiger partial charge on any atom is 0.232 e. The van der Waals surface area contributed by atoms with Crippen LogP contribution in [-0.2, 0) is 9.09 Å². The van der Waals surface area contributed by atoms with Gasteiger partial charge in [-0.15, -0.1) is 0 Å². The molecule has 1 unspecified atom stereocenters. The Morgan fingerprint density at radius 2 is 1.84 bits per heavy atom. The van der Waals surface area contributed by atoms with E-state index in [2.05, 4.69) is 6.92 Å². The molecule has 106 valence electrons. The Bertz CT molecular complexity index is 410. The first kappa shape index (κ1) is 14.8. The van der Waals surface area contributed by atoms with Crippen molar-refractivity contribution in [1.29, 1.82) is 0 Å². The molecule has 0 amide bonds. The monoisotopic (exact) mass is 280 g/mol. The summed E-state index contributed by atoms with van der Waals surface area (Å²) in [5.41, 5.74) is 0. The van der Waals surface area contributed by atoms with E-state index in [-0.39, 0.29) is 6.10 Å². The third-order valence-electron chi connectivity index (χ3n) is 3.83. The molecule has 0 aliphatic heterocycles. The molecule has 0 spiro atoms. The van der Waals surface area contributed by atoms with Crippen LogP contribution in [0.25, 0.3) is 0 Å². The highest BCUT2D eigenvalue weighted by atomic mass is 31.2. The van der Waals surface area contributed by atoms with Crippen molar-refractivity contribution in [2.75, 3.05) is 6.16 Å². The van der Waals surface area contributed by atoms with Crippen molar-refractivity contribution >= 4 is 12.7 Å². The molecule has 1 aliphatic carbocycles. The van der Waals surface area contributed by atoms with Crippen molar-refractivity contribution in [2.45, 2.75) is 58.0 Å². The van der Waals surface area contributed by atoms with E-state index in [4.69, 9.17) is 4.52 Å². The first-order chi connectivity index (χ1) is 9.24. The van der Waals surface area contributed by atoms with Gasteiger partial charge in [-0.05, 0) is 31.4 Å². The van der Waals surface area contributed by atoms with Crippen LogP contribution in [0, 0.1) is 0 Å². The predicted molar refractivity (Wildman–Crippen MR) is 81.4 cm³/mol. The van der Waals surface area contributed by atoms with Crippen LogP contribution in [0.5, 0.6) is 0 Å². The number of hydrogen-bond donors (Lipinski definition) is 0. The molecule has 2 nitrogen and oxygen atoms in total. The molecule has 0 saturated heterocycles. The molecule has 1 atom stereocenters. The van der Waals surface area contributed by atoms with E-state index in [1.54, 1.807) is 0 Å². The zero-order valence-electron chi connectivity index (χ0n) is 11.9. The molecule has 1 aromatic carbocycles. The highest BCUT2D eigenvalue weighted by molar-refractivity contribution is 7.67. The van der Waals surface area contributed by atoms with Gasteiger partial charge in [-0.25, -0.2) is 0 Å². The Morgan fingerprint density at radius 3 is 2.47 bits per heavy atom. The number of unbranched alkanes of at least 4 members (excludes halogenated alkanes) is 1. The lowest BCUT2D eigenvalue weighted by Crippen LogP contribution is -2.20. The maximum atomic E-state index is 13.2. The van der Waals surface area contributed by atoms with Crippen molar-refractivity contribution in [3.05, 3.63) is 30.3 Å². The number of hydrogen-bond acceptors (Lipinski definition) is 2. The molecule has 0 N–H and O–H groups in total. The second-order valence-electron chi connectivity index (χ2n) is 5.45. The normalized spacial score (nSPS) is 20.1. The van der Waals surface area contributed by atoms with Gasteiger partial charge >= 0.3 is 0 Å². The van der Waals surface area contributed by atoms with E-state index in [1.165, 1.54) is 19.3 Å². The minimum atomic E-state index is -2.66. The Morgan fingerprint density at radius 1 is 1.16 bits per heavy atom. The molecule has 1 fully saturated rings. The zero-order chi connectivity index (χ0) is 13.6. The fourth-order valence-electron chi connectivity index (χ4n) is 2.68. The standard InChI is InChI=1S/C16H25O2P/c1-2-3-14-19(17,16-12-8-5-9-13-16)18-15-10-6-4-7-11-15/h5,8-9,12-13,15H,2-4,6-7,10-11,14H2,1H3. The van der Waals surface area contributed by atoms with Gasteiger partial charge in [0, 0.05) is 11.5 Å². The van der Waals surface area contributed by atoms with Crippen LogP contribution in [0.15, 0.2) is 30.3 Å². The van der Waals surface area contributed by atoms with Crippen molar-refractivity contribution < 1.29 is 9.09 Å². The number of rotatable bonds is 6. The largest absolute Gasteiger partial charge is 0.322 e. The summed E-state index contributed by atoms with van der Waals surface area (Å²) in [4.78, 5) is 0. The van der Waals surface area contributed by atoms with Crippen LogP contribution < -0.4 is 5.30 Å². The van der Waals surface area contributed by atoms with Crippen molar-refractivity contribution in [1.82, 2.24) is 0 Å². The first-order valence-corrected chi connectivity index (χ1v) is 9.38. The Hall–Kier alpha value is -0.590. The molecular formula is C16H25O2P. The molecule has 3 heteroatoms. The molecular weight excluding hydrogens is 255 g/mol. The number of benzene rings is 1. The summed E-state index contributed by atoms with van der Waals surface area (Å²) >= 11 is 0. The van der Waals surface area contributed by atoms with Crippen LogP contribution in [0.2, 0.25) is 0 Å². The summed E-state index contributed by atoms with van der Waals surface area (Å²) in [7, 11) is -2.66. The Balaban J connectivity index is 2.12. The molecule has 19 heavy (non-hydrogen) atoms. The first-order valence-electron chi connectivity index (χ1n) is 7.57. The average molecular weight is 280 g/mol. The smallest absolute Gasteiger partial charge is 0.232 e. The van der Waals surface area contributed by atoms with Crippen molar-refractivity contribution in [3.63, 3.8) is 0 Å². The Labute approximate surface area is 117 Å². The average Bonchev–Trinajstić information content (AvgIpc) is 2.47. The third-order valence-corrected chi connectivity index (χ3v) is 6.46. The Kier molecular flexibility index (Phi) is 5.66. The van der Waals surface area contributed by atoms with E-state index in [1.807, 2.05) is 30.3 Å². The van der Waals surface area contributed by atoms with E-state index in [9.17, 15) is 4.57 Å². The second kappa shape index (κ2) is 7.26. The fourth-order valence-corrected chi connectivity index (χ4v) is 5.21. The van der Waals surface area contributed by atoms with E-state index >= 15 is 0 Å². The summed E-state index contributed by atoms with van der Waals surface area (Å²) in [6, 6.07) is 9.79. The topological polar surface area (TPSA) is 26.3 Å². The minimum absolute atomic E-state index is 0.205. The van der Waals surface area contributed by atoms with Crippen LogP contribution in [0.4, 0.5) is 0 Å². The van der Waals surface area contributed by atoms with Crippen LogP contribution >= 0.6 is 7.37 Å². The van der Waals surface area contributed by atoms with Gasteiger partial charge in [-0.1, -0.05) is 50.8 Å². The zero-order valence-corrected chi connectivity index (χ0v) is 12.8. The molecule has 0 heterocycles. The molecule has 1 aromatic rings. The van der Waals surface area contributed by atoms with Crippen LogP contribution in [0.1, 0.15) is 51.9 Å². The maximum absolute atomic E-state index is 13.2. The highest BCUT2D eigenvalue weighted by Crippen LogP contribution is 2.49. The second-order valence-corrected chi connectivity index (χ2v) is 7.97. The van der Waals surface area contributed by atoms with Gasteiger partial charge < -0.3 is 4.52 Å². The SMILES string of the molecule is CCCCP(=O)(OC1CCCCC1)c1ccccc1. The lowest BCUT2D eigenvalue weighted by Gasteiger charge is -2.28. The molecule has 0 aromatic heterocycles. The predicted octanol–water partition coefficient (Wildman–Crippen LogP) is 4.74. The molecule has 0 bridgehead atoms. The van der Waals surface area contributed by atoms with Gasteiger partial charge in [0.2, 0.25) is 7.37 Å². The summed E-state index contributed by atoms with van der Waals surface area (Å²) in [6.45, 7) is 2.13. The van der Waals surface area contributed by atoms with Crippen molar-refractivity contribution in [3.8, 4) is 0 Å². The van der Waals surface area contributed by atoms with Crippen LogP contribution in [0.3, 0.4) is 0 Å². The fraction of sp³-hybridized carbons (Fsp3) is 0.625. The van der Waals surface area contributed by atoms with Gasteiger partial charge in [0.05, 0.1) is 6.10 Å². The molecule has 2 rings (SSSR count). The van der Waals surface area contributed by atoms with Crippen LogP contribution in [-0.4, -0.2) is 12.3 Å². The lowest BCUT2D eigenvalue weighted by molar-refractivity contribution is 0.161. The molecule has 0 radical (unpaired) electrons. The van der Waals surface area contributed by atoms with Gasteiger partial charge in [-0.3, -0.25) is 4.57 Å². The summed E-state index contributed by atoms with van der Waals surface area (Å²) < 4.78 is 19.3. The van der Waals surface area contributed by atoms with Gasteiger partial charge in [-0.2, -0.15) is 0 Å². The van der Waals surface area contributed by atoms with Gasteiger partial charge in [0.25, 0.3) is 0 Å². The summed E-state index contributed by atoms with van der Waals surface area (Å²) in [5.74, 6) is 0. The van der Waals surface area contributed by atoms with E-state index in [0.717, 1.165) is 31.0 Å². The quantitative estimate of drug-likeness (QED) is 0.703. The molecule has 1 aliphatic rings. The molecule has 1 saturated carbocycles. The highest BCUT2D eigenvalue weighted by Gasteiger charge is 2.29. The van der Waals surface area contributed by atoms with Crippen molar-refractivity contribution in [2.24, 2.45) is 0 Å². The van der Waals surface area contributed by atoms with E-state index in [0.29, 0.717) is 6.16 Å². The lowest BCUT2D eigenvalue weighted by atomic mass is 9.98.